The molecule has 4 bridgehead atoms. The van der Waals surface area contributed by atoms with E-state index in [1.54, 1.807) is 0 Å². The van der Waals surface area contributed by atoms with Gasteiger partial charge in [0.05, 0.1) is 12.4 Å². The Bertz CT molecular complexity index is 1510. The molecule has 1 saturated carbocycles. The molecule has 0 unspecified atom stereocenters. The Morgan fingerprint density at radius 2 is 1.24 bits per heavy atom. The van der Waals surface area contributed by atoms with Crippen LogP contribution in [-0.4, -0.2) is 45.4 Å². The van der Waals surface area contributed by atoms with Crippen LogP contribution in [0.1, 0.15) is 29.5 Å². The zero-order valence-electron chi connectivity index (χ0n) is 23.1. The number of ether oxygens (including phenoxy) is 1. The lowest BCUT2D eigenvalue weighted by Crippen LogP contribution is -2.61. The van der Waals surface area contributed by atoms with Crippen LogP contribution in [0.5, 0.6) is 5.75 Å². The predicted octanol–water partition coefficient (Wildman–Crippen LogP) is 6.50. The van der Waals surface area contributed by atoms with Crippen LogP contribution in [0.25, 0.3) is 11.1 Å². The van der Waals surface area contributed by atoms with Gasteiger partial charge >= 0.3 is 0 Å². The van der Waals surface area contributed by atoms with Gasteiger partial charge in [0.1, 0.15) is 17.4 Å². The van der Waals surface area contributed by atoms with Crippen molar-refractivity contribution in [2.24, 2.45) is 17.8 Å². The molecule has 2 aromatic heterocycles. The lowest BCUT2D eigenvalue weighted by atomic mass is 9.66. The molecule has 0 amide bonds. The Balaban J connectivity index is 1.19. The number of hydrogen-bond donors (Lipinski definition) is 0. The van der Waals surface area contributed by atoms with E-state index in [2.05, 4.69) is 118 Å². The van der Waals surface area contributed by atoms with Crippen LogP contribution in [0, 0.1) is 17.8 Å². The van der Waals surface area contributed by atoms with Gasteiger partial charge in [0, 0.05) is 55.0 Å². The van der Waals surface area contributed by atoms with Crippen LogP contribution in [-0.2, 0) is 5.54 Å². The van der Waals surface area contributed by atoms with E-state index in [1.165, 1.54) is 32.5 Å². The molecule has 5 nitrogen and oxygen atoms in total. The highest BCUT2D eigenvalue weighted by molar-refractivity contribution is 5.63. The number of nitrogens with zero attached hydrogens (tertiary/aromatic N) is 4. The summed E-state index contributed by atoms with van der Waals surface area (Å²) in [5.74, 6) is 3.00. The van der Waals surface area contributed by atoms with Gasteiger partial charge in [-0.25, -0.2) is 0 Å². The van der Waals surface area contributed by atoms with E-state index in [0.29, 0.717) is 17.9 Å². The number of pyridine rings is 1. The second-order valence-electron chi connectivity index (χ2n) is 12.0. The maximum absolute atomic E-state index is 6.72. The number of hydrogen-bond acceptors (Lipinski definition) is 4. The average molecular weight is 539 g/mol. The smallest absolute Gasteiger partial charge is 0.138 e. The fourth-order valence-electron chi connectivity index (χ4n) is 7.94. The van der Waals surface area contributed by atoms with E-state index >= 15 is 0 Å². The molecule has 5 heterocycles. The third-order valence-electron chi connectivity index (χ3n) is 9.52. The summed E-state index contributed by atoms with van der Waals surface area (Å²) in [5, 5.41) is 5.04. The summed E-state index contributed by atoms with van der Waals surface area (Å²) in [4.78, 5) is 7.26. The van der Waals surface area contributed by atoms with Gasteiger partial charge in [0.25, 0.3) is 0 Å². The van der Waals surface area contributed by atoms with Gasteiger partial charge in [-0.1, -0.05) is 91.0 Å². The molecule has 0 radical (unpaired) electrons. The Hall–Kier alpha value is -4.22. The number of piperidine rings is 3. The summed E-state index contributed by atoms with van der Waals surface area (Å²) in [6.45, 7) is 3.65. The van der Waals surface area contributed by atoms with Gasteiger partial charge in [-0.2, -0.15) is 5.10 Å². The van der Waals surface area contributed by atoms with E-state index in [1.807, 2.05) is 18.6 Å². The van der Waals surface area contributed by atoms with Crippen LogP contribution in [0.4, 0.5) is 0 Å². The van der Waals surface area contributed by atoms with E-state index in [4.69, 9.17) is 9.84 Å². The van der Waals surface area contributed by atoms with Crippen molar-refractivity contribution in [1.29, 1.82) is 0 Å². The SMILES string of the molecule is c1ccc(C(c2ccccc2)(c2ccccc2)n2cc(-c3cncc(OC4[C@H]5CC6C[C@H]4CN(C6)C5)c3)cn2)cc1. The molecule has 0 spiro atoms. The number of benzene rings is 3. The summed E-state index contributed by atoms with van der Waals surface area (Å²) >= 11 is 0. The Kier molecular flexibility index (Phi) is 5.99. The Labute approximate surface area is 241 Å². The molecule has 3 aromatic carbocycles. The van der Waals surface area contributed by atoms with E-state index in [-0.39, 0.29) is 0 Å². The quantitative estimate of drug-likeness (QED) is 0.222. The first kappa shape index (κ1) is 24.6. The topological polar surface area (TPSA) is 43.2 Å². The zero-order valence-corrected chi connectivity index (χ0v) is 23.1. The lowest BCUT2D eigenvalue weighted by Gasteiger charge is -2.55. The van der Waals surface area contributed by atoms with Crippen molar-refractivity contribution in [1.82, 2.24) is 19.7 Å². The maximum Gasteiger partial charge on any atom is 0.138 e. The van der Waals surface area contributed by atoms with Gasteiger partial charge in [-0.15, -0.1) is 0 Å². The van der Waals surface area contributed by atoms with Crippen LogP contribution in [0.2, 0.25) is 0 Å². The molecular formula is C36H34N4O. The lowest BCUT2D eigenvalue weighted by molar-refractivity contribution is -0.0985. The molecule has 4 fully saturated rings. The summed E-state index contributed by atoms with van der Waals surface area (Å²) in [6, 6.07) is 34.1. The highest BCUT2D eigenvalue weighted by Crippen LogP contribution is 2.45. The van der Waals surface area contributed by atoms with E-state index in [9.17, 15) is 0 Å². The molecule has 1 aliphatic carbocycles. The molecular weight excluding hydrogens is 504 g/mol. The van der Waals surface area contributed by atoms with Gasteiger partial charge in [0.15, 0.2) is 0 Å². The van der Waals surface area contributed by atoms with Crippen molar-refractivity contribution in [3.63, 3.8) is 0 Å². The highest BCUT2D eigenvalue weighted by Gasteiger charge is 2.48. The van der Waals surface area contributed by atoms with Crippen molar-refractivity contribution < 1.29 is 4.74 Å². The fraction of sp³-hybridized carbons (Fsp3) is 0.278. The van der Waals surface area contributed by atoms with Gasteiger partial charge in [-0.05, 0) is 41.5 Å². The maximum atomic E-state index is 6.72. The van der Waals surface area contributed by atoms with Crippen LogP contribution >= 0.6 is 0 Å². The molecule has 204 valence electrons. The van der Waals surface area contributed by atoms with Crippen LogP contribution < -0.4 is 4.74 Å². The van der Waals surface area contributed by atoms with Crippen molar-refractivity contribution in [2.45, 2.75) is 24.5 Å². The second kappa shape index (κ2) is 10.0. The molecule has 5 aromatic rings. The summed E-state index contributed by atoms with van der Waals surface area (Å²) in [6.07, 6.45) is 10.8. The molecule has 2 atom stereocenters. The summed E-state index contributed by atoms with van der Waals surface area (Å²) < 4.78 is 8.83. The van der Waals surface area contributed by atoms with Gasteiger partial charge < -0.3 is 9.64 Å². The Morgan fingerprint density at radius 3 is 1.80 bits per heavy atom. The van der Waals surface area contributed by atoms with Crippen LogP contribution in [0.3, 0.4) is 0 Å². The van der Waals surface area contributed by atoms with Crippen molar-refractivity contribution in [3.05, 3.63) is 139 Å². The van der Waals surface area contributed by atoms with Crippen molar-refractivity contribution in [2.75, 3.05) is 19.6 Å². The first-order chi connectivity index (χ1) is 20.3. The minimum Gasteiger partial charge on any atom is -0.488 e. The molecule has 0 N–H and O–H groups in total. The summed E-state index contributed by atoms with van der Waals surface area (Å²) in [5.41, 5.74) is 4.86. The fourth-order valence-corrected chi connectivity index (χ4v) is 7.94. The second-order valence-corrected chi connectivity index (χ2v) is 12.0. The third-order valence-corrected chi connectivity index (χ3v) is 9.52. The summed E-state index contributed by atoms with van der Waals surface area (Å²) in [7, 11) is 0. The molecule has 4 aliphatic rings. The van der Waals surface area contributed by atoms with Gasteiger partial charge in [-0.3, -0.25) is 9.67 Å². The van der Waals surface area contributed by atoms with Crippen molar-refractivity contribution >= 4 is 0 Å². The number of rotatable bonds is 7. The third kappa shape index (κ3) is 4.18. The normalized spacial score (nSPS) is 24.8. The van der Waals surface area contributed by atoms with Crippen LogP contribution in [0.15, 0.2) is 122 Å². The monoisotopic (exact) mass is 538 g/mol. The molecule has 5 heteroatoms. The minimum atomic E-state index is -0.640. The first-order valence-corrected chi connectivity index (χ1v) is 14.8. The zero-order chi connectivity index (χ0) is 27.2. The Morgan fingerprint density at radius 1 is 0.659 bits per heavy atom. The molecule has 3 aliphatic heterocycles. The van der Waals surface area contributed by atoms with E-state index in [0.717, 1.165) is 39.5 Å². The first-order valence-electron chi connectivity index (χ1n) is 14.8. The van der Waals surface area contributed by atoms with E-state index < -0.39 is 5.54 Å². The predicted molar refractivity (Wildman–Crippen MR) is 161 cm³/mol. The molecule has 41 heavy (non-hydrogen) atoms. The highest BCUT2D eigenvalue weighted by atomic mass is 16.5. The minimum absolute atomic E-state index is 0.296. The van der Waals surface area contributed by atoms with Crippen molar-refractivity contribution in [3.8, 4) is 16.9 Å². The standard InChI is InChI=1S/C36H34N4O/c1-4-10-31(11-5-1)36(32-12-6-2-7-13-32,33-14-8-3-9-15-33)40-25-30(20-38-40)27-18-34(21-37-19-27)41-35-28-16-26-17-29(35)24-39(22-26)23-28/h1-15,18-21,25-26,28-29,35H,16-17,22-24H2/t26?,28-,29-,35?/m0/s1. The number of aromatic nitrogens is 3. The van der Waals surface area contributed by atoms with Gasteiger partial charge in [0.2, 0.25) is 0 Å². The average Bonchev–Trinajstić information content (AvgIpc) is 3.52. The largest absolute Gasteiger partial charge is 0.488 e. The molecule has 9 rings (SSSR count). The molecule has 3 saturated heterocycles.